The summed E-state index contributed by atoms with van der Waals surface area (Å²) < 4.78 is 5.10. The molecule has 0 aliphatic carbocycles. The summed E-state index contributed by atoms with van der Waals surface area (Å²) in [5.41, 5.74) is 3.18. The molecular weight excluding hydrogens is 248 g/mol. The van der Waals surface area contributed by atoms with Gasteiger partial charge < -0.3 is 4.74 Å². The van der Waals surface area contributed by atoms with E-state index < -0.39 is 0 Å². The van der Waals surface area contributed by atoms with Gasteiger partial charge in [0, 0.05) is 12.0 Å². The van der Waals surface area contributed by atoms with Gasteiger partial charge in [0.1, 0.15) is 5.75 Å². The Balaban J connectivity index is 2.04. The van der Waals surface area contributed by atoms with Crippen LogP contribution in [-0.2, 0) is 0 Å². The molecular formula is C18H20O2. The lowest BCUT2D eigenvalue weighted by Crippen LogP contribution is -2.05. The van der Waals surface area contributed by atoms with Gasteiger partial charge in [-0.1, -0.05) is 36.8 Å². The number of hydrogen-bond acceptors (Lipinski definition) is 2. The van der Waals surface area contributed by atoms with Crippen molar-refractivity contribution in [1.29, 1.82) is 0 Å². The lowest BCUT2D eigenvalue weighted by Gasteiger charge is -2.11. The van der Waals surface area contributed by atoms with Crippen LogP contribution in [-0.4, -0.2) is 12.9 Å². The Morgan fingerprint density at radius 3 is 2.20 bits per heavy atom. The largest absolute Gasteiger partial charge is 0.497 e. The van der Waals surface area contributed by atoms with Gasteiger partial charge in [0.15, 0.2) is 5.78 Å². The normalized spacial score (nSPS) is 11.9. The first-order valence-corrected chi connectivity index (χ1v) is 6.84. The topological polar surface area (TPSA) is 26.3 Å². The van der Waals surface area contributed by atoms with E-state index in [1.54, 1.807) is 7.11 Å². The second kappa shape index (κ2) is 6.38. The summed E-state index contributed by atoms with van der Waals surface area (Å²) in [5.74, 6) is 1.17. The molecule has 1 atom stereocenters. The van der Waals surface area contributed by atoms with E-state index in [1.807, 2.05) is 24.3 Å². The van der Waals surface area contributed by atoms with Crippen molar-refractivity contribution in [2.45, 2.75) is 26.2 Å². The molecule has 0 unspecified atom stereocenters. The summed E-state index contributed by atoms with van der Waals surface area (Å²) in [5, 5.41) is 0. The van der Waals surface area contributed by atoms with Crippen LogP contribution >= 0.6 is 0 Å². The number of carbonyl (C=O) groups is 1. The molecule has 104 valence electrons. The summed E-state index contributed by atoms with van der Waals surface area (Å²) in [7, 11) is 1.62. The van der Waals surface area contributed by atoms with Gasteiger partial charge in [-0.2, -0.15) is 0 Å². The Morgan fingerprint density at radius 1 is 1.05 bits per heavy atom. The number of hydrogen-bond donors (Lipinski definition) is 0. The smallest absolute Gasteiger partial charge is 0.163 e. The number of ketones is 1. The second-order valence-corrected chi connectivity index (χ2v) is 5.17. The van der Waals surface area contributed by atoms with Crippen molar-refractivity contribution in [1.82, 2.24) is 0 Å². The maximum atomic E-state index is 12.3. The highest BCUT2D eigenvalue weighted by molar-refractivity contribution is 5.96. The molecule has 0 aromatic heterocycles. The molecule has 0 amide bonds. The lowest BCUT2D eigenvalue weighted by atomic mass is 9.93. The van der Waals surface area contributed by atoms with E-state index in [2.05, 4.69) is 38.1 Å². The van der Waals surface area contributed by atoms with Gasteiger partial charge in [-0.25, -0.2) is 0 Å². The molecule has 0 spiro atoms. The third-order valence-corrected chi connectivity index (χ3v) is 3.55. The van der Waals surface area contributed by atoms with Gasteiger partial charge in [0.2, 0.25) is 0 Å². The number of Topliss-reactive ketones (excluding diaryl/α,β-unsaturated/α-hetero) is 1. The standard InChI is InChI=1S/C18H20O2/c1-13-4-6-15(7-5-13)14(2)12-18(19)16-8-10-17(20-3)11-9-16/h4-11,14H,12H2,1-3H3/t14-/m0/s1. The van der Waals surface area contributed by atoms with Crippen molar-refractivity contribution < 1.29 is 9.53 Å². The van der Waals surface area contributed by atoms with E-state index in [1.165, 1.54) is 11.1 Å². The predicted molar refractivity (Wildman–Crippen MR) is 81.5 cm³/mol. The maximum Gasteiger partial charge on any atom is 0.163 e. The van der Waals surface area contributed by atoms with E-state index in [-0.39, 0.29) is 11.7 Å². The first-order chi connectivity index (χ1) is 9.60. The van der Waals surface area contributed by atoms with Crippen LogP contribution in [0.1, 0.15) is 40.7 Å². The summed E-state index contributed by atoms with van der Waals surface area (Å²) in [6, 6.07) is 15.7. The van der Waals surface area contributed by atoms with Crippen molar-refractivity contribution in [3.05, 3.63) is 65.2 Å². The van der Waals surface area contributed by atoms with Crippen LogP contribution in [0.3, 0.4) is 0 Å². The number of rotatable bonds is 5. The molecule has 20 heavy (non-hydrogen) atoms. The highest BCUT2D eigenvalue weighted by Gasteiger charge is 2.13. The number of carbonyl (C=O) groups excluding carboxylic acids is 1. The first-order valence-electron chi connectivity index (χ1n) is 6.84. The Hall–Kier alpha value is -2.09. The van der Waals surface area contributed by atoms with Crippen LogP contribution < -0.4 is 4.74 Å². The Bertz CT molecular complexity index is 567. The summed E-state index contributed by atoms with van der Waals surface area (Å²) in [6.45, 7) is 4.16. The van der Waals surface area contributed by atoms with Gasteiger partial charge in [-0.3, -0.25) is 4.79 Å². The molecule has 0 heterocycles. The lowest BCUT2D eigenvalue weighted by molar-refractivity contribution is 0.0975. The highest BCUT2D eigenvalue weighted by atomic mass is 16.5. The van der Waals surface area contributed by atoms with Gasteiger partial charge in [0.25, 0.3) is 0 Å². The van der Waals surface area contributed by atoms with Crippen LogP contribution in [0.15, 0.2) is 48.5 Å². The molecule has 0 radical (unpaired) electrons. The van der Waals surface area contributed by atoms with Crippen LogP contribution in [0.4, 0.5) is 0 Å². The molecule has 2 nitrogen and oxygen atoms in total. The zero-order chi connectivity index (χ0) is 14.5. The fourth-order valence-electron chi connectivity index (χ4n) is 2.19. The number of aryl methyl sites for hydroxylation is 1. The van der Waals surface area contributed by atoms with Gasteiger partial charge >= 0.3 is 0 Å². The Kier molecular flexibility index (Phi) is 4.57. The predicted octanol–water partition coefficient (Wildman–Crippen LogP) is 4.38. The first kappa shape index (κ1) is 14.3. The van der Waals surface area contributed by atoms with E-state index in [0.29, 0.717) is 6.42 Å². The Labute approximate surface area is 120 Å². The molecule has 0 aliphatic heterocycles. The molecule has 0 saturated heterocycles. The minimum absolute atomic E-state index is 0.167. The zero-order valence-corrected chi connectivity index (χ0v) is 12.2. The van der Waals surface area contributed by atoms with E-state index in [4.69, 9.17) is 4.74 Å². The van der Waals surface area contributed by atoms with Crippen molar-refractivity contribution in [2.75, 3.05) is 7.11 Å². The van der Waals surface area contributed by atoms with Crippen molar-refractivity contribution >= 4 is 5.78 Å². The quantitative estimate of drug-likeness (QED) is 0.752. The number of benzene rings is 2. The van der Waals surface area contributed by atoms with Crippen LogP contribution in [0.25, 0.3) is 0 Å². The SMILES string of the molecule is COc1ccc(C(=O)C[C@H](C)c2ccc(C)cc2)cc1. The van der Waals surface area contributed by atoms with Crippen LogP contribution in [0.5, 0.6) is 5.75 Å². The minimum atomic E-state index is 0.167. The summed E-state index contributed by atoms with van der Waals surface area (Å²) in [4.78, 5) is 12.3. The van der Waals surface area contributed by atoms with Crippen molar-refractivity contribution in [2.24, 2.45) is 0 Å². The van der Waals surface area contributed by atoms with Gasteiger partial charge in [-0.05, 0) is 42.7 Å². The monoisotopic (exact) mass is 268 g/mol. The molecule has 0 saturated carbocycles. The molecule has 2 rings (SSSR count). The fraction of sp³-hybridized carbons (Fsp3) is 0.278. The molecule has 0 N–H and O–H groups in total. The van der Waals surface area contributed by atoms with Crippen molar-refractivity contribution in [3.63, 3.8) is 0 Å². The molecule has 2 heteroatoms. The minimum Gasteiger partial charge on any atom is -0.497 e. The molecule has 0 fully saturated rings. The molecule has 0 aliphatic rings. The van der Waals surface area contributed by atoms with E-state index >= 15 is 0 Å². The molecule has 2 aromatic rings. The second-order valence-electron chi connectivity index (χ2n) is 5.17. The fourth-order valence-corrected chi connectivity index (χ4v) is 2.19. The highest BCUT2D eigenvalue weighted by Crippen LogP contribution is 2.22. The average molecular weight is 268 g/mol. The third-order valence-electron chi connectivity index (χ3n) is 3.55. The Morgan fingerprint density at radius 2 is 1.65 bits per heavy atom. The van der Waals surface area contributed by atoms with Crippen LogP contribution in [0.2, 0.25) is 0 Å². The number of ether oxygens (including phenoxy) is 1. The van der Waals surface area contributed by atoms with E-state index in [9.17, 15) is 4.79 Å². The molecule has 0 bridgehead atoms. The molecule has 2 aromatic carbocycles. The number of methoxy groups -OCH3 is 1. The van der Waals surface area contributed by atoms with Gasteiger partial charge in [0.05, 0.1) is 7.11 Å². The maximum absolute atomic E-state index is 12.3. The van der Waals surface area contributed by atoms with Crippen LogP contribution in [0, 0.1) is 6.92 Å². The van der Waals surface area contributed by atoms with Crippen molar-refractivity contribution in [3.8, 4) is 5.75 Å². The third kappa shape index (κ3) is 3.47. The summed E-state index contributed by atoms with van der Waals surface area (Å²) in [6.07, 6.45) is 0.523. The average Bonchev–Trinajstić information content (AvgIpc) is 2.48. The zero-order valence-electron chi connectivity index (χ0n) is 12.2. The summed E-state index contributed by atoms with van der Waals surface area (Å²) >= 11 is 0. The van der Waals surface area contributed by atoms with Gasteiger partial charge in [-0.15, -0.1) is 0 Å². The van der Waals surface area contributed by atoms with E-state index in [0.717, 1.165) is 11.3 Å².